The van der Waals surface area contributed by atoms with Crippen molar-refractivity contribution in [1.29, 1.82) is 0 Å². The zero-order valence-electron chi connectivity index (χ0n) is 15.2. The first-order valence-electron chi connectivity index (χ1n) is 8.77. The van der Waals surface area contributed by atoms with Gasteiger partial charge in [0.2, 0.25) is 5.91 Å². The minimum atomic E-state index is -0.327. The lowest BCUT2D eigenvalue weighted by atomic mass is 9.89. The van der Waals surface area contributed by atoms with Crippen LogP contribution in [0, 0.1) is 6.92 Å². The highest BCUT2D eigenvalue weighted by atomic mass is 35.5. The highest BCUT2D eigenvalue weighted by Crippen LogP contribution is 2.40. The lowest BCUT2D eigenvalue weighted by molar-refractivity contribution is -0.122. The minimum absolute atomic E-state index is 0.0175. The average Bonchev–Trinajstić information content (AvgIpc) is 2.54. The smallest absolute Gasteiger partial charge is 0.220 e. The maximum absolute atomic E-state index is 12.6. The van der Waals surface area contributed by atoms with Gasteiger partial charge in [0.15, 0.2) is 0 Å². The third kappa shape index (κ3) is 4.33. The standard InChI is InChI=1S/C21H23Cl2NO2/c1-13-7-9-19-15(11-13)18(12-21(2,3)26-19)24-20(25)10-8-14-16(22)5-4-6-17(14)23/h4-7,9,11,18H,8,10,12H2,1-3H3,(H,24,25). The number of carbonyl (C=O) groups is 1. The van der Waals surface area contributed by atoms with Gasteiger partial charge in [-0.1, -0.05) is 47.0 Å². The zero-order chi connectivity index (χ0) is 18.9. The molecule has 2 aromatic carbocycles. The molecule has 26 heavy (non-hydrogen) atoms. The number of benzene rings is 2. The second-order valence-electron chi connectivity index (χ2n) is 7.43. The average molecular weight is 392 g/mol. The molecule has 1 aliphatic rings. The predicted octanol–water partition coefficient (Wildman–Crippen LogP) is 5.65. The number of halogens is 2. The Morgan fingerprint density at radius 2 is 1.92 bits per heavy atom. The number of hydrogen-bond acceptors (Lipinski definition) is 2. The summed E-state index contributed by atoms with van der Waals surface area (Å²) in [6.45, 7) is 6.12. The van der Waals surface area contributed by atoms with Gasteiger partial charge in [-0.2, -0.15) is 0 Å². The molecule has 0 bridgehead atoms. The molecule has 1 heterocycles. The van der Waals surface area contributed by atoms with Crippen molar-refractivity contribution in [2.45, 2.75) is 51.7 Å². The van der Waals surface area contributed by atoms with Crippen molar-refractivity contribution in [1.82, 2.24) is 5.32 Å². The van der Waals surface area contributed by atoms with E-state index < -0.39 is 0 Å². The summed E-state index contributed by atoms with van der Waals surface area (Å²) in [6, 6.07) is 11.4. The summed E-state index contributed by atoms with van der Waals surface area (Å²) < 4.78 is 6.06. The summed E-state index contributed by atoms with van der Waals surface area (Å²) >= 11 is 12.4. The fraction of sp³-hybridized carbons (Fsp3) is 0.381. The Morgan fingerprint density at radius 3 is 2.62 bits per heavy atom. The van der Waals surface area contributed by atoms with Gasteiger partial charge < -0.3 is 10.1 Å². The number of carbonyl (C=O) groups excluding carboxylic acids is 1. The SMILES string of the molecule is Cc1ccc2c(c1)C(NC(=O)CCc1c(Cl)cccc1Cl)CC(C)(C)O2. The number of amides is 1. The second-order valence-corrected chi connectivity index (χ2v) is 8.24. The van der Waals surface area contributed by atoms with Crippen LogP contribution in [0.15, 0.2) is 36.4 Å². The molecular formula is C21H23Cl2NO2. The van der Waals surface area contributed by atoms with E-state index in [0.717, 1.165) is 28.9 Å². The van der Waals surface area contributed by atoms with Gasteiger partial charge in [0.05, 0.1) is 6.04 Å². The molecule has 1 unspecified atom stereocenters. The first-order valence-corrected chi connectivity index (χ1v) is 9.52. The van der Waals surface area contributed by atoms with E-state index in [9.17, 15) is 4.79 Å². The third-order valence-corrected chi connectivity index (χ3v) is 5.33. The summed E-state index contributed by atoms with van der Waals surface area (Å²) in [6.07, 6.45) is 1.57. The van der Waals surface area contributed by atoms with E-state index in [0.29, 0.717) is 22.9 Å². The summed E-state index contributed by atoms with van der Waals surface area (Å²) in [5.41, 5.74) is 2.67. The van der Waals surface area contributed by atoms with Crippen LogP contribution in [-0.2, 0) is 11.2 Å². The van der Waals surface area contributed by atoms with Crippen molar-refractivity contribution in [3.8, 4) is 5.75 Å². The molecule has 1 amide bonds. The van der Waals surface area contributed by atoms with E-state index in [2.05, 4.69) is 11.4 Å². The van der Waals surface area contributed by atoms with Crippen LogP contribution < -0.4 is 10.1 Å². The predicted molar refractivity (Wildman–Crippen MR) is 106 cm³/mol. The van der Waals surface area contributed by atoms with Gasteiger partial charge in [-0.05, 0) is 51.0 Å². The maximum atomic E-state index is 12.6. The Kier molecular flexibility index (Phi) is 5.50. The molecule has 0 fully saturated rings. The van der Waals surface area contributed by atoms with Crippen LogP contribution in [0.25, 0.3) is 0 Å². The maximum Gasteiger partial charge on any atom is 0.220 e. The van der Waals surface area contributed by atoms with E-state index in [-0.39, 0.29) is 17.6 Å². The number of ether oxygens (including phenoxy) is 1. The Morgan fingerprint density at radius 1 is 1.23 bits per heavy atom. The molecule has 138 valence electrons. The Bertz CT molecular complexity index is 813. The fourth-order valence-electron chi connectivity index (χ4n) is 3.38. The van der Waals surface area contributed by atoms with Crippen LogP contribution >= 0.6 is 23.2 Å². The van der Waals surface area contributed by atoms with Crippen molar-refractivity contribution >= 4 is 29.1 Å². The molecule has 1 atom stereocenters. The molecule has 0 aliphatic carbocycles. The van der Waals surface area contributed by atoms with Gasteiger partial charge in [-0.25, -0.2) is 0 Å². The molecule has 0 radical (unpaired) electrons. The van der Waals surface area contributed by atoms with Crippen LogP contribution in [0.4, 0.5) is 0 Å². The van der Waals surface area contributed by atoms with E-state index >= 15 is 0 Å². The summed E-state index contributed by atoms with van der Waals surface area (Å²) in [5, 5.41) is 4.35. The highest BCUT2D eigenvalue weighted by Gasteiger charge is 2.34. The van der Waals surface area contributed by atoms with Gasteiger partial charge in [0, 0.05) is 28.5 Å². The molecule has 3 rings (SSSR count). The number of aryl methyl sites for hydroxylation is 1. The molecule has 1 N–H and O–H groups in total. The molecule has 0 saturated heterocycles. The van der Waals surface area contributed by atoms with Gasteiger partial charge in [0.1, 0.15) is 11.4 Å². The van der Waals surface area contributed by atoms with Gasteiger partial charge >= 0.3 is 0 Å². The van der Waals surface area contributed by atoms with Crippen molar-refractivity contribution in [3.05, 3.63) is 63.1 Å². The molecule has 0 saturated carbocycles. The number of fused-ring (bicyclic) bond motifs is 1. The van der Waals surface area contributed by atoms with Crippen LogP contribution in [0.2, 0.25) is 10.0 Å². The van der Waals surface area contributed by atoms with Crippen molar-refractivity contribution < 1.29 is 9.53 Å². The lowest BCUT2D eigenvalue weighted by Crippen LogP contribution is -2.41. The van der Waals surface area contributed by atoms with E-state index in [1.165, 1.54) is 0 Å². The van der Waals surface area contributed by atoms with Crippen LogP contribution in [0.3, 0.4) is 0 Å². The lowest BCUT2D eigenvalue weighted by Gasteiger charge is -2.38. The normalized spacial score (nSPS) is 18.0. The summed E-state index contributed by atoms with van der Waals surface area (Å²) in [7, 11) is 0. The van der Waals surface area contributed by atoms with Gasteiger partial charge in [0.25, 0.3) is 0 Å². The van der Waals surface area contributed by atoms with E-state index in [1.54, 1.807) is 18.2 Å². The molecule has 0 spiro atoms. The van der Waals surface area contributed by atoms with E-state index in [1.807, 2.05) is 32.9 Å². The number of nitrogens with one attached hydrogen (secondary N) is 1. The Balaban J connectivity index is 1.72. The molecule has 0 aromatic heterocycles. The number of hydrogen-bond donors (Lipinski definition) is 1. The van der Waals surface area contributed by atoms with Crippen molar-refractivity contribution in [3.63, 3.8) is 0 Å². The second kappa shape index (κ2) is 7.50. The summed E-state index contributed by atoms with van der Waals surface area (Å²) in [4.78, 5) is 12.6. The first kappa shape index (κ1) is 19.1. The molecule has 3 nitrogen and oxygen atoms in total. The monoisotopic (exact) mass is 391 g/mol. The van der Waals surface area contributed by atoms with E-state index in [4.69, 9.17) is 27.9 Å². The first-order chi connectivity index (χ1) is 12.2. The fourth-order valence-corrected chi connectivity index (χ4v) is 3.97. The van der Waals surface area contributed by atoms with Crippen molar-refractivity contribution in [2.75, 3.05) is 0 Å². The van der Waals surface area contributed by atoms with Gasteiger partial charge in [-0.15, -0.1) is 0 Å². The van der Waals surface area contributed by atoms with Crippen LogP contribution in [0.1, 0.15) is 49.4 Å². The quantitative estimate of drug-likeness (QED) is 0.730. The Hall–Kier alpha value is -1.71. The molecular weight excluding hydrogens is 369 g/mol. The molecule has 1 aliphatic heterocycles. The van der Waals surface area contributed by atoms with Crippen molar-refractivity contribution in [2.24, 2.45) is 0 Å². The zero-order valence-corrected chi connectivity index (χ0v) is 16.7. The Labute approximate surface area is 164 Å². The minimum Gasteiger partial charge on any atom is -0.487 e. The van der Waals surface area contributed by atoms with Gasteiger partial charge in [-0.3, -0.25) is 4.79 Å². The molecule has 5 heteroatoms. The molecule has 2 aromatic rings. The topological polar surface area (TPSA) is 38.3 Å². The largest absolute Gasteiger partial charge is 0.487 e. The van der Waals surface area contributed by atoms with Crippen LogP contribution in [0.5, 0.6) is 5.75 Å². The number of rotatable bonds is 4. The third-order valence-electron chi connectivity index (χ3n) is 4.62. The van der Waals surface area contributed by atoms with Crippen LogP contribution in [-0.4, -0.2) is 11.5 Å². The summed E-state index contributed by atoms with van der Waals surface area (Å²) in [5.74, 6) is 0.822. The highest BCUT2D eigenvalue weighted by molar-refractivity contribution is 6.36.